The van der Waals surface area contributed by atoms with Crippen LogP contribution in [0.5, 0.6) is 11.5 Å². The fourth-order valence-corrected chi connectivity index (χ4v) is 5.25. The smallest absolute Gasteiger partial charge is 0.319 e. The number of nitrogens with zero attached hydrogens (tertiary/aromatic N) is 1. The maximum absolute atomic E-state index is 13.0. The number of nitrogens with one attached hydrogen (secondary N) is 2. The summed E-state index contributed by atoms with van der Waals surface area (Å²) >= 11 is 13.7. The Bertz CT molecular complexity index is 1270. The Morgan fingerprint density at radius 1 is 1.19 bits per heavy atom. The molecular weight excluding hydrogens is 541 g/mol. The molecule has 0 bridgehead atoms. The quantitative estimate of drug-likeness (QED) is 0.337. The lowest BCUT2D eigenvalue weighted by Gasteiger charge is -2.31. The lowest BCUT2D eigenvalue weighted by atomic mass is 9.78. The highest BCUT2D eigenvalue weighted by atomic mass is 35.5. The van der Waals surface area contributed by atoms with E-state index in [4.69, 9.17) is 37.4 Å². The van der Waals surface area contributed by atoms with Gasteiger partial charge in [-0.3, -0.25) is 14.4 Å². The number of ether oxygens (including phenoxy) is 3. The number of thioether (sulfide) groups is 1. The zero-order valence-electron chi connectivity index (χ0n) is 20.1. The van der Waals surface area contributed by atoms with Gasteiger partial charge in [0.2, 0.25) is 11.8 Å². The van der Waals surface area contributed by atoms with Crippen LogP contribution in [0.15, 0.2) is 47.0 Å². The molecule has 1 aliphatic heterocycles. The molecule has 0 spiro atoms. The van der Waals surface area contributed by atoms with E-state index in [1.165, 1.54) is 19.2 Å². The van der Waals surface area contributed by atoms with Crippen molar-refractivity contribution in [3.8, 4) is 17.6 Å². The fraction of sp³-hybridized carbons (Fsp3) is 0.280. The van der Waals surface area contributed by atoms with E-state index in [1.54, 1.807) is 31.2 Å². The highest BCUT2D eigenvalue weighted by Crippen LogP contribution is 2.44. The fourth-order valence-electron chi connectivity index (χ4n) is 3.79. The first-order chi connectivity index (χ1) is 17.7. The summed E-state index contributed by atoms with van der Waals surface area (Å²) in [6.07, 6.45) is 0. The second-order valence-electron chi connectivity index (χ2n) is 7.61. The van der Waals surface area contributed by atoms with Crippen molar-refractivity contribution in [2.75, 3.05) is 31.9 Å². The van der Waals surface area contributed by atoms with Gasteiger partial charge in [-0.15, -0.1) is 0 Å². The van der Waals surface area contributed by atoms with Gasteiger partial charge in [-0.2, -0.15) is 5.26 Å². The van der Waals surface area contributed by atoms with E-state index in [2.05, 4.69) is 16.7 Å². The Morgan fingerprint density at radius 3 is 2.46 bits per heavy atom. The van der Waals surface area contributed by atoms with Gasteiger partial charge in [0.1, 0.15) is 11.7 Å². The van der Waals surface area contributed by atoms with Crippen LogP contribution in [0.2, 0.25) is 10.0 Å². The average Bonchev–Trinajstić information content (AvgIpc) is 2.88. The minimum Gasteiger partial charge on any atom is -0.495 e. The number of anilines is 1. The Kier molecular flexibility index (Phi) is 9.69. The zero-order chi connectivity index (χ0) is 27.1. The third-order valence-electron chi connectivity index (χ3n) is 5.38. The molecule has 1 aliphatic rings. The van der Waals surface area contributed by atoms with Crippen LogP contribution in [0.4, 0.5) is 5.69 Å². The highest BCUT2D eigenvalue weighted by Gasteiger charge is 2.44. The van der Waals surface area contributed by atoms with Crippen molar-refractivity contribution in [3.05, 3.63) is 62.6 Å². The van der Waals surface area contributed by atoms with E-state index in [-0.39, 0.29) is 32.1 Å². The number of halogens is 2. The molecule has 0 unspecified atom stereocenters. The number of para-hydroxylation sites is 2. The molecule has 0 saturated carbocycles. The summed E-state index contributed by atoms with van der Waals surface area (Å²) < 4.78 is 15.5. The van der Waals surface area contributed by atoms with E-state index < -0.39 is 29.6 Å². The lowest BCUT2D eigenvalue weighted by Crippen LogP contribution is -2.44. The van der Waals surface area contributed by atoms with Gasteiger partial charge in [-0.25, -0.2) is 0 Å². The van der Waals surface area contributed by atoms with Gasteiger partial charge in [0, 0.05) is 5.92 Å². The van der Waals surface area contributed by atoms with Crippen molar-refractivity contribution in [1.82, 2.24) is 5.32 Å². The van der Waals surface area contributed by atoms with Crippen molar-refractivity contribution in [2.24, 2.45) is 5.92 Å². The second-order valence-corrected chi connectivity index (χ2v) is 9.41. The van der Waals surface area contributed by atoms with Crippen LogP contribution in [-0.4, -0.2) is 44.4 Å². The first-order valence-electron chi connectivity index (χ1n) is 11.0. The molecule has 2 aromatic rings. The van der Waals surface area contributed by atoms with Gasteiger partial charge in [-0.05, 0) is 36.8 Å². The number of rotatable bonds is 9. The number of methoxy groups -OCH3 is 2. The van der Waals surface area contributed by atoms with E-state index in [0.29, 0.717) is 23.6 Å². The molecule has 2 N–H and O–H groups in total. The van der Waals surface area contributed by atoms with E-state index >= 15 is 0 Å². The number of amides is 2. The topological polar surface area (TPSA) is 127 Å². The molecule has 2 amide bonds. The summed E-state index contributed by atoms with van der Waals surface area (Å²) in [5, 5.41) is 15.8. The third kappa shape index (κ3) is 6.31. The Labute approximate surface area is 228 Å². The molecule has 0 radical (unpaired) electrons. The normalized spacial score (nSPS) is 16.9. The average molecular weight is 564 g/mol. The summed E-state index contributed by atoms with van der Waals surface area (Å²) in [4.78, 5) is 38.3. The molecule has 0 aromatic heterocycles. The molecule has 0 saturated heterocycles. The molecule has 9 nitrogen and oxygen atoms in total. The van der Waals surface area contributed by atoms with Crippen LogP contribution in [0.1, 0.15) is 18.4 Å². The molecule has 37 heavy (non-hydrogen) atoms. The first kappa shape index (κ1) is 28.2. The number of carbonyl (C=O) groups is 3. The standard InChI is InChI=1S/C25H23Cl2N3O6S/c1-4-36-22-15(26)9-13(10-16(22)27)20-14(11-28)24(30-23(32)21(20)25(33)35-3)37-12-19(31)29-17-7-5-6-8-18(17)34-2/h5-10,20-21H,4,12H2,1-3H3,(H,29,31)(H,30,32)/t20-,21+/m1/s1. The van der Waals surface area contributed by atoms with Crippen LogP contribution in [0.3, 0.4) is 0 Å². The molecule has 0 fully saturated rings. The minimum absolute atomic E-state index is 0.0568. The Morgan fingerprint density at radius 2 is 1.86 bits per heavy atom. The summed E-state index contributed by atoms with van der Waals surface area (Å²) in [5.41, 5.74) is 0.873. The summed E-state index contributed by atoms with van der Waals surface area (Å²) in [6.45, 7) is 2.08. The van der Waals surface area contributed by atoms with Gasteiger partial charge in [0.05, 0.1) is 59.0 Å². The molecule has 12 heteroatoms. The number of esters is 1. The van der Waals surface area contributed by atoms with Crippen LogP contribution >= 0.6 is 35.0 Å². The molecule has 0 aliphatic carbocycles. The minimum atomic E-state index is -1.38. The van der Waals surface area contributed by atoms with Crippen LogP contribution in [0, 0.1) is 17.2 Å². The van der Waals surface area contributed by atoms with Crippen molar-refractivity contribution >= 4 is 58.4 Å². The van der Waals surface area contributed by atoms with Gasteiger partial charge < -0.3 is 24.8 Å². The van der Waals surface area contributed by atoms with Crippen molar-refractivity contribution in [1.29, 1.82) is 5.26 Å². The molecule has 3 rings (SSSR count). The van der Waals surface area contributed by atoms with Crippen molar-refractivity contribution in [2.45, 2.75) is 12.8 Å². The predicted octanol–water partition coefficient (Wildman–Crippen LogP) is 4.51. The summed E-state index contributed by atoms with van der Waals surface area (Å²) in [6, 6.07) is 11.9. The van der Waals surface area contributed by atoms with Crippen molar-refractivity contribution < 1.29 is 28.6 Å². The predicted molar refractivity (Wildman–Crippen MR) is 141 cm³/mol. The monoisotopic (exact) mass is 563 g/mol. The number of hydrogen-bond donors (Lipinski definition) is 2. The lowest BCUT2D eigenvalue weighted by molar-refractivity contribution is -0.150. The number of allylic oxidation sites excluding steroid dienone is 1. The Hall–Kier alpha value is -3.39. The van der Waals surface area contributed by atoms with Crippen LogP contribution in [0.25, 0.3) is 0 Å². The van der Waals surface area contributed by atoms with Crippen LogP contribution in [-0.2, 0) is 19.1 Å². The largest absolute Gasteiger partial charge is 0.495 e. The first-order valence-corrected chi connectivity index (χ1v) is 12.7. The molecule has 1 heterocycles. The third-order valence-corrected chi connectivity index (χ3v) is 6.96. The zero-order valence-corrected chi connectivity index (χ0v) is 22.4. The van der Waals surface area contributed by atoms with Gasteiger partial charge in [-0.1, -0.05) is 47.1 Å². The SMILES string of the molecule is CCOc1c(Cl)cc([C@@H]2C(C#N)=C(SCC(=O)Nc3ccccc3OC)NC(=O)[C@H]2C(=O)OC)cc1Cl. The maximum Gasteiger partial charge on any atom is 0.319 e. The second kappa shape index (κ2) is 12.7. The van der Waals surface area contributed by atoms with E-state index in [0.717, 1.165) is 18.9 Å². The number of hydrogen-bond acceptors (Lipinski definition) is 8. The van der Waals surface area contributed by atoms with Crippen molar-refractivity contribution in [3.63, 3.8) is 0 Å². The molecule has 2 aromatic carbocycles. The van der Waals surface area contributed by atoms with E-state index in [1.807, 2.05) is 0 Å². The molecule has 2 atom stereocenters. The van der Waals surface area contributed by atoms with Gasteiger partial charge in [0.15, 0.2) is 5.75 Å². The summed E-state index contributed by atoms with van der Waals surface area (Å²) in [5.74, 6) is -3.78. The number of carbonyl (C=O) groups excluding carboxylic acids is 3. The number of nitriles is 1. The summed E-state index contributed by atoms with van der Waals surface area (Å²) in [7, 11) is 2.63. The highest BCUT2D eigenvalue weighted by molar-refractivity contribution is 8.03. The van der Waals surface area contributed by atoms with Gasteiger partial charge in [0.25, 0.3) is 0 Å². The molecule has 194 valence electrons. The van der Waals surface area contributed by atoms with Gasteiger partial charge >= 0.3 is 5.97 Å². The van der Waals surface area contributed by atoms with Crippen LogP contribution < -0.4 is 20.1 Å². The maximum atomic E-state index is 13.0. The Balaban J connectivity index is 1.97. The van der Waals surface area contributed by atoms with E-state index in [9.17, 15) is 19.6 Å². The number of benzene rings is 2. The molecular formula is C25H23Cl2N3O6S.